The van der Waals surface area contributed by atoms with Crippen LogP contribution in [-0.2, 0) is 48.4 Å². The van der Waals surface area contributed by atoms with Crippen LogP contribution in [0, 0.1) is 17.0 Å². The van der Waals surface area contributed by atoms with E-state index in [4.69, 9.17) is 14.2 Å². The Morgan fingerprint density at radius 1 is 0.767 bits per heavy atom. The summed E-state index contributed by atoms with van der Waals surface area (Å²) < 4.78 is 48.3. The molecule has 0 saturated carbocycles. The Bertz CT molecular complexity index is 2560. The molecular weight excluding hydrogens is 969 g/mol. The summed E-state index contributed by atoms with van der Waals surface area (Å²) in [6.45, 7) is 15.6. The minimum atomic E-state index is -1.43. The van der Waals surface area contributed by atoms with Crippen LogP contribution in [0.15, 0.2) is 121 Å². The van der Waals surface area contributed by atoms with Gasteiger partial charge in [0.05, 0.1) is 18.4 Å². The summed E-state index contributed by atoms with van der Waals surface area (Å²) in [7, 11) is -1.43. The zero-order valence-corrected chi connectivity index (χ0v) is 44.9. The van der Waals surface area contributed by atoms with Gasteiger partial charge in [0.1, 0.15) is 30.9 Å². The minimum absolute atomic E-state index is 0.00444. The van der Waals surface area contributed by atoms with Crippen LogP contribution in [0.2, 0.25) is 25.7 Å². The minimum Gasteiger partial charge on any atom is -0.461 e. The van der Waals surface area contributed by atoms with Gasteiger partial charge >= 0.3 is 18.2 Å². The van der Waals surface area contributed by atoms with Gasteiger partial charge in [0.15, 0.2) is 0 Å². The number of amides is 4. The van der Waals surface area contributed by atoms with Crippen molar-refractivity contribution in [1.82, 2.24) is 25.4 Å². The maximum Gasteiger partial charge on any atom is 0.408 e. The van der Waals surface area contributed by atoms with Gasteiger partial charge in [0.2, 0.25) is 11.8 Å². The molecule has 0 radical (unpaired) electrons. The first kappa shape index (κ1) is 57.4. The van der Waals surface area contributed by atoms with Crippen LogP contribution in [-0.4, -0.2) is 90.8 Å². The van der Waals surface area contributed by atoms with E-state index in [1.54, 1.807) is 30.2 Å². The Kier molecular flexibility index (Phi) is 22.1. The third kappa shape index (κ3) is 19.8. The lowest BCUT2D eigenvalue weighted by atomic mass is 9.83. The Labute approximate surface area is 434 Å². The number of aromatic nitrogens is 1. The standard InChI is InChI=1S/C56H71F2N5O8SSi/c1-40(60-53(66)48(61-55(68)71-37-43-22-15-10-16-23-43)26-27-51(65)70-36-42-20-13-9-14-21-42)38-72-39-50(64)63(29-17-28-59-54(67)69-30-31-73(5,6)7)52(56(2,3)4)49-32-44(46-33-45(57)24-25-47(46)58)35-62(49)34-41-18-11-8-12-19-41/h8-16,18-25,32-33,35,40,48,52H,17,26-31,34,36-39H2,1-7H3,(H,59,67)(H,60,66)(H,61,68)/t40-,48+,52+/m1/s1. The maximum absolute atomic E-state index is 15.4. The molecule has 3 N–H and O–H groups in total. The van der Waals surface area contributed by atoms with Crippen molar-refractivity contribution in [3.63, 3.8) is 0 Å². The molecule has 0 aliphatic heterocycles. The van der Waals surface area contributed by atoms with E-state index in [1.165, 1.54) is 17.8 Å². The fourth-order valence-corrected chi connectivity index (χ4v) is 9.60. The van der Waals surface area contributed by atoms with Crippen molar-refractivity contribution in [2.75, 3.05) is 31.2 Å². The van der Waals surface area contributed by atoms with E-state index >= 15 is 4.39 Å². The van der Waals surface area contributed by atoms with E-state index in [0.717, 1.165) is 34.9 Å². The largest absolute Gasteiger partial charge is 0.461 e. The predicted molar refractivity (Wildman–Crippen MR) is 285 cm³/mol. The van der Waals surface area contributed by atoms with Crippen molar-refractivity contribution >= 4 is 49.8 Å². The van der Waals surface area contributed by atoms with E-state index in [-0.39, 0.29) is 56.4 Å². The first-order valence-corrected chi connectivity index (χ1v) is 29.6. The van der Waals surface area contributed by atoms with Crippen LogP contribution < -0.4 is 16.0 Å². The van der Waals surface area contributed by atoms with Crippen LogP contribution in [0.25, 0.3) is 11.1 Å². The molecule has 0 saturated heterocycles. The molecule has 5 rings (SSSR count). The van der Waals surface area contributed by atoms with E-state index in [2.05, 4.69) is 35.6 Å². The second-order valence-electron chi connectivity index (χ2n) is 20.3. The average Bonchev–Trinajstić information content (AvgIpc) is 3.75. The second kappa shape index (κ2) is 28.1. The van der Waals surface area contributed by atoms with Gasteiger partial charge in [0, 0.05) is 68.9 Å². The normalized spacial score (nSPS) is 12.7. The van der Waals surface area contributed by atoms with Crippen molar-refractivity contribution in [2.24, 2.45) is 5.41 Å². The van der Waals surface area contributed by atoms with Crippen LogP contribution in [0.3, 0.4) is 0 Å². The van der Waals surface area contributed by atoms with Gasteiger partial charge in [-0.25, -0.2) is 18.4 Å². The van der Waals surface area contributed by atoms with Gasteiger partial charge in [-0.05, 0) is 72.2 Å². The average molecular weight is 1040 g/mol. The molecule has 1 aromatic heterocycles. The number of ether oxygens (including phenoxy) is 3. The Balaban J connectivity index is 1.32. The van der Waals surface area contributed by atoms with E-state index in [9.17, 15) is 28.4 Å². The summed E-state index contributed by atoms with van der Waals surface area (Å²) >= 11 is 1.31. The molecule has 0 unspecified atom stereocenters. The van der Waals surface area contributed by atoms with E-state index in [0.29, 0.717) is 36.6 Å². The number of esters is 1. The van der Waals surface area contributed by atoms with Crippen molar-refractivity contribution in [3.05, 3.63) is 155 Å². The molecule has 73 heavy (non-hydrogen) atoms. The molecule has 4 amide bonds. The number of hydrogen-bond acceptors (Lipinski definition) is 9. The molecule has 0 spiro atoms. The van der Waals surface area contributed by atoms with Crippen LogP contribution in [0.1, 0.15) is 75.4 Å². The monoisotopic (exact) mass is 1040 g/mol. The molecule has 5 aromatic rings. The predicted octanol–water partition coefficient (Wildman–Crippen LogP) is 10.9. The second-order valence-corrected chi connectivity index (χ2v) is 27.0. The number of rotatable bonds is 26. The lowest BCUT2D eigenvalue weighted by Crippen LogP contribution is -2.50. The number of nitrogens with zero attached hydrogens (tertiary/aromatic N) is 2. The third-order valence-corrected chi connectivity index (χ3v) is 14.6. The topological polar surface area (TPSA) is 157 Å². The van der Waals surface area contributed by atoms with Gasteiger partial charge in [-0.15, -0.1) is 11.8 Å². The molecule has 13 nitrogen and oxygen atoms in total. The molecule has 0 aliphatic rings. The molecule has 4 aromatic carbocycles. The molecule has 3 atom stereocenters. The summed E-state index contributed by atoms with van der Waals surface area (Å²) in [5.41, 5.74) is 3.17. The first-order valence-electron chi connectivity index (χ1n) is 24.7. The van der Waals surface area contributed by atoms with Gasteiger partial charge in [-0.3, -0.25) is 14.4 Å². The lowest BCUT2D eigenvalue weighted by Gasteiger charge is -2.41. The van der Waals surface area contributed by atoms with Crippen molar-refractivity contribution in [1.29, 1.82) is 0 Å². The zero-order chi connectivity index (χ0) is 53.0. The van der Waals surface area contributed by atoms with Gasteiger partial charge in [0.25, 0.3) is 0 Å². The smallest absolute Gasteiger partial charge is 0.408 e. The Hall–Kier alpha value is -6.46. The van der Waals surface area contributed by atoms with Crippen molar-refractivity contribution in [2.45, 2.75) is 111 Å². The van der Waals surface area contributed by atoms with Crippen molar-refractivity contribution < 1.29 is 47.0 Å². The zero-order valence-electron chi connectivity index (χ0n) is 43.1. The van der Waals surface area contributed by atoms with Crippen LogP contribution in [0.5, 0.6) is 0 Å². The maximum atomic E-state index is 15.4. The highest BCUT2D eigenvalue weighted by atomic mass is 32.2. The van der Waals surface area contributed by atoms with Crippen molar-refractivity contribution in [3.8, 4) is 11.1 Å². The highest BCUT2D eigenvalue weighted by Gasteiger charge is 2.37. The summed E-state index contributed by atoms with van der Waals surface area (Å²) in [5.74, 6) is -2.17. The Morgan fingerprint density at radius 3 is 2.00 bits per heavy atom. The number of thioether (sulfide) groups is 1. The highest BCUT2D eigenvalue weighted by Crippen LogP contribution is 2.41. The first-order chi connectivity index (χ1) is 34.8. The number of nitrogens with one attached hydrogen (secondary N) is 3. The number of halogens is 2. The quantitative estimate of drug-likeness (QED) is 0.0212. The third-order valence-electron chi connectivity index (χ3n) is 11.7. The van der Waals surface area contributed by atoms with Gasteiger partial charge in [-0.1, -0.05) is 131 Å². The summed E-state index contributed by atoms with van der Waals surface area (Å²) in [5, 5.41) is 8.38. The SMILES string of the molecule is C[C@H](CSCC(=O)N(CCCNC(=O)OCC[Si](C)(C)C)[C@@H](c1cc(-c2cc(F)ccc2F)cn1Cc1ccccc1)C(C)(C)C)NC(=O)[C@H](CCC(=O)OCc1ccccc1)NC(=O)OCc1ccccc1. The molecule has 0 aliphatic carbocycles. The molecule has 1 heterocycles. The summed E-state index contributed by atoms with van der Waals surface area (Å²) in [4.78, 5) is 68.9. The van der Waals surface area contributed by atoms with Gasteiger partial charge < -0.3 is 39.6 Å². The summed E-state index contributed by atoms with van der Waals surface area (Å²) in [6.07, 6.45) is 0.585. The summed E-state index contributed by atoms with van der Waals surface area (Å²) in [6, 6.07) is 31.7. The number of hydrogen-bond donors (Lipinski definition) is 3. The van der Waals surface area contributed by atoms with Crippen LogP contribution >= 0.6 is 11.8 Å². The molecular formula is C56H71F2N5O8SSi. The number of alkyl carbamates (subject to hydrolysis) is 2. The number of carbonyl (C=O) groups excluding carboxylic acids is 5. The number of carbonyl (C=O) groups is 5. The number of benzene rings is 4. The lowest BCUT2D eigenvalue weighted by molar-refractivity contribution is -0.145. The van der Waals surface area contributed by atoms with E-state index < -0.39 is 67.3 Å². The Morgan fingerprint density at radius 2 is 1.38 bits per heavy atom. The fraction of sp³-hybridized carbons (Fsp3) is 0.411. The molecule has 17 heteroatoms. The fourth-order valence-electron chi connectivity index (χ4n) is 7.99. The molecule has 0 bridgehead atoms. The molecule has 392 valence electrons. The highest BCUT2D eigenvalue weighted by molar-refractivity contribution is 8.00. The van der Waals surface area contributed by atoms with Gasteiger partial charge in [-0.2, -0.15) is 0 Å². The molecule has 0 fully saturated rings. The van der Waals surface area contributed by atoms with E-state index in [1.807, 2.05) is 110 Å². The van der Waals surface area contributed by atoms with Crippen LogP contribution in [0.4, 0.5) is 18.4 Å².